The van der Waals surface area contributed by atoms with Gasteiger partial charge in [-0.25, -0.2) is 13.1 Å². The number of likely N-dealkylation sites (tertiary alicyclic amines) is 1. The first-order valence-corrected chi connectivity index (χ1v) is 8.88. The second-order valence-corrected chi connectivity index (χ2v) is 7.67. The van der Waals surface area contributed by atoms with Crippen molar-refractivity contribution in [1.29, 1.82) is 0 Å². The average Bonchev–Trinajstić information content (AvgIpc) is 2.81. The highest BCUT2D eigenvalue weighted by atomic mass is 32.2. The second-order valence-electron chi connectivity index (χ2n) is 5.91. The number of sulfonamides is 1. The van der Waals surface area contributed by atoms with Crippen LogP contribution in [-0.4, -0.2) is 51.6 Å². The molecule has 1 aromatic rings. The minimum absolute atomic E-state index is 0.350. The van der Waals surface area contributed by atoms with E-state index in [1.54, 1.807) is 12.3 Å². The van der Waals surface area contributed by atoms with Gasteiger partial charge in [-0.1, -0.05) is 0 Å². The Kier molecular flexibility index (Phi) is 5.43. The Morgan fingerprint density at radius 2 is 1.95 bits per heavy atom. The largest absolute Gasteiger partial charge is 0.352 e. The molecule has 0 bridgehead atoms. The molecule has 2 rings (SSSR count). The fraction of sp³-hybridized carbons (Fsp3) is 0.714. The second kappa shape index (κ2) is 6.91. The van der Waals surface area contributed by atoms with Crippen molar-refractivity contribution in [2.24, 2.45) is 13.0 Å². The first-order valence-electron chi connectivity index (χ1n) is 7.40. The molecule has 1 saturated heterocycles. The summed E-state index contributed by atoms with van der Waals surface area (Å²) in [6, 6.07) is 1.73. The lowest BCUT2D eigenvalue weighted by Crippen LogP contribution is -2.36. The van der Waals surface area contributed by atoms with E-state index < -0.39 is 10.0 Å². The van der Waals surface area contributed by atoms with Gasteiger partial charge in [0.1, 0.15) is 0 Å². The zero-order chi connectivity index (χ0) is 15.5. The maximum Gasteiger partial charge on any atom is 0.242 e. The van der Waals surface area contributed by atoms with Crippen molar-refractivity contribution in [3.8, 4) is 0 Å². The smallest absolute Gasteiger partial charge is 0.242 e. The van der Waals surface area contributed by atoms with Crippen LogP contribution in [0.1, 0.15) is 18.5 Å². The summed E-state index contributed by atoms with van der Waals surface area (Å²) in [6.07, 6.45) is 3.78. The molecule has 0 spiro atoms. The van der Waals surface area contributed by atoms with Crippen molar-refractivity contribution in [3.63, 3.8) is 0 Å². The topological polar surface area (TPSA) is 66.4 Å². The van der Waals surface area contributed by atoms with E-state index in [2.05, 4.69) is 22.0 Å². The molecule has 21 heavy (non-hydrogen) atoms. The number of nitrogens with zero attached hydrogens (tertiary/aromatic N) is 2. The Hall–Kier alpha value is -0.890. The normalized spacial score (nSPS) is 18.2. The molecule has 2 heterocycles. The molecule has 1 fully saturated rings. The number of nitrogens with one attached hydrogen (secondary N) is 2. The molecule has 1 aliphatic rings. The van der Waals surface area contributed by atoms with Gasteiger partial charge in [0.05, 0.1) is 4.90 Å². The van der Waals surface area contributed by atoms with E-state index in [0.29, 0.717) is 23.9 Å². The summed E-state index contributed by atoms with van der Waals surface area (Å²) in [5.41, 5.74) is 0.956. The molecule has 0 aromatic carbocycles. The Bertz CT molecular complexity index is 560. The number of rotatable bonds is 6. The monoisotopic (exact) mass is 314 g/mol. The van der Waals surface area contributed by atoms with Crippen LogP contribution in [0.2, 0.25) is 0 Å². The van der Waals surface area contributed by atoms with Crippen molar-refractivity contribution in [3.05, 3.63) is 18.0 Å². The first kappa shape index (κ1) is 16.5. The number of piperidine rings is 1. The maximum absolute atomic E-state index is 12.4. The zero-order valence-corrected chi connectivity index (χ0v) is 13.9. The van der Waals surface area contributed by atoms with Gasteiger partial charge in [-0.3, -0.25) is 0 Å². The van der Waals surface area contributed by atoms with Crippen LogP contribution in [0, 0.1) is 5.92 Å². The van der Waals surface area contributed by atoms with Gasteiger partial charge in [0, 0.05) is 32.0 Å². The van der Waals surface area contributed by atoms with Crippen molar-refractivity contribution in [2.45, 2.75) is 24.3 Å². The number of hydrogen-bond acceptors (Lipinski definition) is 4. The molecule has 0 saturated carbocycles. The van der Waals surface area contributed by atoms with Crippen LogP contribution in [0.25, 0.3) is 0 Å². The van der Waals surface area contributed by atoms with Gasteiger partial charge in [0.2, 0.25) is 10.0 Å². The van der Waals surface area contributed by atoms with Crippen molar-refractivity contribution < 1.29 is 8.42 Å². The summed E-state index contributed by atoms with van der Waals surface area (Å²) >= 11 is 0. The van der Waals surface area contributed by atoms with Crippen molar-refractivity contribution in [2.75, 3.05) is 33.7 Å². The summed E-state index contributed by atoms with van der Waals surface area (Å²) in [4.78, 5) is 2.63. The fourth-order valence-electron chi connectivity index (χ4n) is 2.66. The first-order chi connectivity index (χ1) is 9.92. The van der Waals surface area contributed by atoms with Crippen LogP contribution in [0.3, 0.4) is 0 Å². The van der Waals surface area contributed by atoms with Gasteiger partial charge in [-0.2, -0.15) is 0 Å². The molecule has 1 aliphatic heterocycles. The molecular formula is C14H26N4O2S. The predicted octanol–water partition coefficient (Wildman–Crippen LogP) is 0.365. The van der Waals surface area contributed by atoms with Crippen molar-refractivity contribution in [1.82, 2.24) is 19.5 Å². The maximum atomic E-state index is 12.4. The van der Waals surface area contributed by atoms with Gasteiger partial charge < -0.3 is 14.8 Å². The summed E-state index contributed by atoms with van der Waals surface area (Å²) < 4.78 is 29.3. The molecule has 0 unspecified atom stereocenters. The van der Waals surface area contributed by atoms with E-state index in [0.717, 1.165) is 31.6 Å². The molecular weight excluding hydrogens is 288 g/mol. The van der Waals surface area contributed by atoms with Gasteiger partial charge in [0.15, 0.2) is 0 Å². The summed E-state index contributed by atoms with van der Waals surface area (Å²) in [7, 11) is 2.41. The van der Waals surface area contributed by atoms with E-state index in [1.165, 1.54) is 0 Å². The molecule has 120 valence electrons. The summed E-state index contributed by atoms with van der Waals surface area (Å²) in [5, 5.41) is 3.04. The minimum atomic E-state index is -3.41. The van der Waals surface area contributed by atoms with Crippen LogP contribution in [-0.2, 0) is 23.6 Å². The third-order valence-corrected chi connectivity index (χ3v) is 5.54. The van der Waals surface area contributed by atoms with Gasteiger partial charge in [-0.15, -0.1) is 0 Å². The fourth-order valence-corrected chi connectivity index (χ4v) is 3.87. The van der Waals surface area contributed by atoms with E-state index in [1.807, 2.05) is 18.7 Å². The van der Waals surface area contributed by atoms with E-state index in [4.69, 9.17) is 0 Å². The molecule has 6 nitrogen and oxygen atoms in total. The number of aryl methyl sites for hydroxylation is 1. The van der Waals surface area contributed by atoms with Crippen LogP contribution in [0.5, 0.6) is 0 Å². The molecule has 0 aliphatic carbocycles. The highest BCUT2D eigenvalue weighted by molar-refractivity contribution is 7.89. The van der Waals surface area contributed by atoms with Gasteiger partial charge >= 0.3 is 0 Å². The lowest BCUT2D eigenvalue weighted by molar-refractivity contribution is 0.220. The molecule has 7 heteroatoms. The lowest BCUT2D eigenvalue weighted by Gasteiger charge is -2.28. The molecule has 2 N–H and O–H groups in total. The average molecular weight is 314 g/mol. The van der Waals surface area contributed by atoms with E-state index in [9.17, 15) is 8.42 Å². The Morgan fingerprint density at radius 3 is 2.57 bits per heavy atom. The SMILES string of the molecule is CNCc1cc(S(=O)(=O)NCC2CCN(C)CC2)cn1C. The molecule has 0 radical (unpaired) electrons. The Balaban J connectivity index is 1.96. The van der Waals surface area contributed by atoms with E-state index in [-0.39, 0.29) is 0 Å². The van der Waals surface area contributed by atoms with Crippen LogP contribution >= 0.6 is 0 Å². The standard InChI is InChI=1S/C14H26N4O2S/c1-15-10-13-8-14(11-18(13)3)21(19,20)16-9-12-4-6-17(2)7-5-12/h8,11-12,15-16H,4-7,9-10H2,1-3H3. The molecule has 1 aromatic heterocycles. The third kappa shape index (κ3) is 4.29. The van der Waals surface area contributed by atoms with Crippen LogP contribution in [0.4, 0.5) is 0 Å². The number of aromatic nitrogens is 1. The third-order valence-electron chi connectivity index (χ3n) is 4.15. The quantitative estimate of drug-likeness (QED) is 0.796. The van der Waals surface area contributed by atoms with Gasteiger partial charge in [0.25, 0.3) is 0 Å². The molecule has 0 amide bonds. The van der Waals surface area contributed by atoms with E-state index >= 15 is 0 Å². The lowest BCUT2D eigenvalue weighted by atomic mass is 9.98. The van der Waals surface area contributed by atoms with Gasteiger partial charge in [-0.05, 0) is 52.0 Å². The Morgan fingerprint density at radius 1 is 1.29 bits per heavy atom. The molecule has 0 atom stereocenters. The van der Waals surface area contributed by atoms with Crippen LogP contribution in [0.15, 0.2) is 17.2 Å². The Labute approximate surface area is 127 Å². The highest BCUT2D eigenvalue weighted by Crippen LogP contribution is 2.17. The zero-order valence-electron chi connectivity index (χ0n) is 13.1. The number of hydrogen-bond donors (Lipinski definition) is 2. The predicted molar refractivity (Wildman–Crippen MR) is 83.6 cm³/mol. The van der Waals surface area contributed by atoms with Crippen molar-refractivity contribution >= 4 is 10.0 Å². The summed E-state index contributed by atoms with van der Waals surface area (Å²) in [6.45, 7) is 3.28. The minimum Gasteiger partial charge on any atom is -0.352 e. The highest BCUT2D eigenvalue weighted by Gasteiger charge is 2.21. The van der Waals surface area contributed by atoms with Crippen LogP contribution < -0.4 is 10.0 Å². The summed E-state index contributed by atoms with van der Waals surface area (Å²) in [5.74, 6) is 0.441.